The second-order valence-electron chi connectivity index (χ2n) is 3.19. The number of hydrogen-bond acceptors (Lipinski definition) is 4. The summed E-state index contributed by atoms with van der Waals surface area (Å²) >= 11 is 0. The molecular weight excluding hydrogens is 260 g/mol. The van der Waals surface area contributed by atoms with Gasteiger partial charge in [-0.05, 0) is 18.2 Å². The van der Waals surface area contributed by atoms with Crippen molar-refractivity contribution in [2.75, 3.05) is 0 Å². The van der Waals surface area contributed by atoms with Gasteiger partial charge in [-0.15, -0.1) is 0 Å². The Kier molecular flexibility index (Phi) is 5.71. The molecule has 0 amide bonds. The minimum Gasteiger partial charge on any atom is -0.481 e. The van der Waals surface area contributed by atoms with E-state index in [4.69, 9.17) is 25.2 Å². The molecule has 0 heterocycles. The van der Waals surface area contributed by atoms with Crippen LogP contribution in [-0.4, -0.2) is 44.3 Å². The van der Waals surface area contributed by atoms with Crippen molar-refractivity contribution in [2.24, 2.45) is 0 Å². The van der Waals surface area contributed by atoms with Crippen molar-refractivity contribution in [3.05, 3.63) is 34.9 Å². The first kappa shape index (κ1) is 16.1. The molecule has 19 heavy (non-hydrogen) atoms. The summed E-state index contributed by atoms with van der Waals surface area (Å²) < 4.78 is 0. The van der Waals surface area contributed by atoms with E-state index in [0.29, 0.717) is 0 Å². The molecule has 0 radical (unpaired) electrons. The Morgan fingerprint density at radius 2 is 1.21 bits per heavy atom. The molecule has 0 aliphatic carbocycles. The second-order valence-corrected chi connectivity index (χ2v) is 3.19. The highest BCUT2D eigenvalue weighted by molar-refractivity contribution is 6.03. The summed E-state index contributed by atoms with van der Waals surface area (Å²) in [5.41, 5.74) is -1.24. The third-order valence-corrected chi connectivity index (χ3v) is 1.73. The number of carboxylic acid groups (broad SMARTS) is 4. The maximum atomic E-state index is 10.6. The molecule has 0 saturated carbocycles. The van der Waals surface area contributed by atoms with Gasteiger partial charge in [-0.1, -0.05) is 0 Å². The average molecular weight is 270 g/mol. The summed E-state index contributed by atoms with van der Waals surface area (Å²) in [6.07, 6.45) is 0. The average Bonchev–Trinajstić information content (AvgIpc) is 2.27. The molecule has 0 unspecified atom stereocenters. The first-order valence-electron chi connectivity index (χ1n) is 4.70. The Hall–Kier alpha value is -2.90. The quantitative estimate of drug-likeness (QED) is 0.631. The van der Waals surface area contributed by atoms with Crippen LogP contribution in [-0.2, 0) is 4.79 Å². The van der Waals surface area contributed by atoms with Crippen molar-refractivity contribution < 1.29 is 39.6 Å². The van der Waals surface area contributed by atoms with E-state index in [0.717, 1.165) is 25.1 Å². The lowest BCUT2D eigenvalue weighted by Gasteiger charge is -2.02. The molecule has 0 aliphatic rings. The van der Waals surface area contributed by atoms with Gasteiger partial charge in [-0.2, -0.15) is 0 Å². The van der Waals surface area contributed by atoms with E-state index < -0.39 is 35.0 Å². The van der Waals surface area contributed by atoms with E-state index in [1.54, 1.807) is 0 Å². The van der Waals surface area contributed by atoms with Gasteiger partial charge in [0.1, 0.15) is 0 Å². The fourth-order valence-corrected chi connectivity index (χ4v) is 1.04. The van der Waals surface area contributed by atoms with E-state index in [1.807, 2.05) is 0 Å². The van der Waals surface area contributed by atoms with E-state index >= 15 is 0 Å². The van der Waals surface area contributed by atoms with Gasteiger partial charge >= 0.3 is 17.9 Å². The first-order chi connectivity index (χ1) is 8.66. The Labute approximate surface area is 106 Å². The zero-order chi connectivity index (χ0) is 15.2. The number of benzene rings is 1. The lowest BCUT2D eigenvalue weighted by Crippen LogP contribution is -2.10. The smallest absolute Gasteiger partial charge is 0.336 e. The van der Waals surface area contributed by atoms with Gasteiger partial charge < -0.3 is 20.4 Å². The normalized spacial score (nSPS) is 8.89. The summed E-state index contributed by atoms with van der Waals surface area (Å²) in [6.45, 7) is 1.08. The third-order valence-electron chi connectivity index (χ3n) is 1.73. The maximum absolute atomic E-state index is 10.6. The van der Waals surface area contributed by atoms with E-state index in [2.05, 4.69) is 0 Å². The minimum atomic E-state index is -1.48. The standard InChI is InChI=1S/C9H6O6.C2H4O2/c10-7(11)4-1-2-5(8(12)13)6(3-4)9(14)15;1-2(3)4/h1-3H,(H,10,11)(H,12,13)(H,14,15);1H3,(H,3,4). The lowest BCUT2D eigenvalue weighted by molar-refractivity contribution is -0.134. The number of aromatic carboxylic acids is 3. The fraction of sp³-hybridized carbons (Fsp3) is 0.0909. The molecule has 8 heteroatoms. The van der Waals surface area contributed by atoms with Gasteiger partial charge in [0.15, 0.2) is 0 Å². The molecule has 8 nitrogen and oxygen atoms in total. The van der Waals surface area contributed by atoms with Crippen LogP contribution in [0.3, 0.4) is 0 Å². The molecule has 102 valence electrons. The van der Waals surface area contributed by atoms with Gasteiger partial charge in [0.25, 0.3) is 5.97 Å². The highest BCUT2D eigenvalue weighted by Gasteiger charge is 2.17. The van der Waals surface area contributed by atoms with E-state index in [-0.39, 0.29) is 5.56 Å². The van der Waals surface area contributed by atoms with Crippen molar-refractivity contribution in [1.82, 2.24) is 0 Å². The molecule has 4 N–H and O–H groups in total. The monoisotopic (exact) mass is 270 g/mol. The number of carbonyl (C=O) groups is 4. The van der Waals surface area contributed by atoms with Crippen LogP contribution in [0.25, 0.3) is 0 Å². The highest BCUT2D eigenvalue weighted by atomic mass is 16.4. The summed E-state index contributed by atoms with van der Waals surface area (Å²) in [5.74, 6) is -5.03. The number of carboxylic acids is 4. The first-order valence-corrected chi connectivity index (χ1v) is 4.70. The summed E-state index contributed by atoms with van der Waals surface area (Å²) in [5, 5.41) is 33.3. The lowest BCUT2D eigenvalue weighted by atomic mass is 10.0. The predicted octanol–water partition coefficient (Wildman–Crippen LogP) is 0.872. The Balaban J connectivity index is 0.000000711. The third kappa shape index (κ3) is 5.31. The van der Waals surface area contributed by atoms with Crippen LogP contribution in [0, 0.1) is 0 Å². The van der Waals surface area contributed by atoms with Gasteiger partial charge in [0.05, 0.1) is 16.7 Å². The summed E-state index contributed by atoms with van der Waals surface area (Å²) in [6, 6.07) is 2.81. The van der Waals surface area contributed by atoms with Crippen molar-refractivity contribution in [2.45, 2.75) is 6.92 Å². The van der Waals surface area contributed by atoms with Gasteiger partial charge in [-0.25, -0.2) is 14.4 Å². The van der Waals surface area contributed by atoms with E-state index in [1.165, 1.54) is 0 Å². The maximum Gasteiger partial charge on any atom is 0.336 e. The molecule has 0 fully saturated rings. The molecular formula is C11H10O8. The fourth-order valence-electron chi connectivity index (χ4n) is 1.04. The SMILES string of the molecule is CC(=O)O.O=C(O)c1ccc(C(=O)O)c(C(=O)O)c1. The molecule has 0 atom stereocenters. The summed E-state index contributed by atoms with van der Waals surface area (Å²) in [7, 11) is 0. The van der Waals surface area contributed by atoms with Gasteiger partial charge in [-0.3, -0.25) is 4.79 Å². The topological polar surface area (TPSA) is 149 Å². The summed E-state index contributed by atoms with van der Waals surface area (Å²) in [4.78, 5) is 40.8. The Bertz CT molecular complexity index is 527. The van der Waals surface area contributed by atoms with Crippen LogP contribution >= 0.6 is 0 Å². The van der Waals surface area contributed by atoms with Crippen LogP contribution in [0.2, 0.25) is 0 Å². The Morgan fingerprint density at radius 3 is 1.53 bits per heavy atom. The molecule has 0 saturated heterocycles. The molecule has 1 rings (SSSR count). The minimum absolute atomic E-state index is 0.266. The molecule has 1 aromatic rings. The van der Waals surface area contributed by atoms with Crippen LogP contribution < -0.4 is 0 Å². The molecule has 0 aliphatic heterocycles. The van der Waals surface area contributed by atoms with Gasteiger partial charge in [0, 0.05) is 6.92 Å². The van der Waals surface area contributed by atoms with Crippen molar-refractivity contribution in [3.63, 3.8) is 0 Å². The van der Waals surface area contributed by atoms with Crippen molar-refractivity contribution in [1.29, 1.82) is 0 Å². The highest BCUT2D eigenvalue weighted by Crippen LogP contribution is 2.12. The van der Waals surface area contributed by atoms with Crippen molar-refractivity contribution in [3.8, 4) is 0 Å². The van der Waals surface area contributed by atoms with E-state index in [9.17, 15) is 14.4 Å². The predicted molar refractivity (Wildman–Crippen MR) is 60.6 cm³/mol. The van der Waals surface area contributed by atoms with Crippen molar-refractivity contribution >= 4 is 23.9 Å². The zero-order valence-corrected chi connectivity index (χ0v) is 9.65. The number of hydrogen-bond donors (Lipinski definition) is 4. The molecule has 0 spiro atoms. The van der Waals surface area contributed by atoms with Crippen LogP contribution in [0.4, 0.5) is 0 Å². The molecule has 0 bridgehead atoms. The largest absolute Gasteiger partial charge is 0.481 e. The number of aliphatic carboxylic acids is 1. The zero-order valence-electron chi connectivity index (χ0n) is 9.65. The van der Waals surface area contributed by atoms with Gasteiger partial charge in [0.2, 0.25) is 0 Å². The van der Waals surface area contributed by atoms with Crippen LogP contribution in [0.1, 0.15) is 38.0 Å². The van der Waals surface area contributed by atoms with Crippen LogP contribution in [0.5, 0.6) is 0 Å². The van der Waals surface area contributed by atoms with Crippen LogP contribution in [0.15, 0.2) is 18.2 Å². The molecule has 0 aromatic heterocycles. The number of rotatable bonds is 3. The molecule has 1 aromatic carbocycles. The second kappa shape index (κ2) is 6.74. The Morgan fingerprint density at radius 1 is 0.789 bits per heavy atom.